The maximum Gasteiger partial charge on any atom is 0.487 e. The van der Waals surface area contributed by atoms with Crippen LogP contribution in [-0.2, 0) is 95.3 Å². The SMILES string of the molecule is CN(C)c1ccc2cc3ccc(N(C)C)cc3[n+](CCCC(=O)NCCNC(=O)O[C@@H]3[C@H](O)[C@@H](COP(=O)(O)OP(=O)(O)OP(=O)([O-])O)O[C@H]3n3cnc4c(N)ncnc43)c2c1.CN(C)c1ccc2cc3ccc(N(C)C)cc3[n+](CCCC(=O)NCCNC(=O)O[C@H]3[C@@H](O)[C@H](n4cnc5c(N)ncnc54)O[C@@H]3COP(=O)(O)OP(=O)(O)OP(=O)([O-])O)c2c1. The van der Waals surface area contributed by atoms with Crippen molar-refractivity contribution in [3.63, 3.8) is 0 Å². The summed E-state index contributed by atoms with van der Waals surface area (Å²) >= 11 is 0. The normalized spacial score (nSPS) is 20.7. The molecule has 672 valence electrons. The Bertz CT molecular complexity index is 5800. The van der Waals surface area contributed by atoms with Gasteiger partial charge in [0.15, 0.2) is 47.6 Å². The fourth-order valence-corrected chi connectivity index (χ4v) is 19.3. The minimum absolute atomic E-state index is 0.00489. The predicted octanol–water partition coefficient (Wildman–Crippen LogP) is 1.59. The molecule has 4 amide bonds. The van der Waals surface area contributed by atoms with Gasteiger partial charge in [-0.2, -0.15) is 17.8 Å². The molecule has 2 aliphatic heterocycles. The van der Waals surface area contributed by atoms with E-state index in [9.17, 15) is 86.1 Å². The Kier molecular flexibility index (Phi) is 30.2. The summed E-state index contributed by atoms with van der Waals surface area (Å²) in [6.07, 6.45) is -9.35. The first-order valence-electron chi connectivity index (χ1n) is 37.2. The summed E-state index contributed by atoms with van der Waals surface area (Å²) in [5.74, 6) is -0.594. The standard InChI is InChI=1S/2C34H45N10O15P3/c1-41(2)22-9-7-20-14-21-8-10-23(42(3)4)16-25(21)43(24(20)15-22)13-5-6-27(45)36-11-12-37-34(47)57-30-26(17-55-61(51,52)59-62(53,54)58-60(48,49)50)56-33(29(30)46)44-19-40-28-31(35)38-18-39-32(28)44;1-41(2)22-9-7-20-14-21-8-10-23(42(3)4)16-25(21)43(24(20)15-22)13-5-6-27(45)36-11-12-37-34(47)57-30-29(46)26(17-55-61(51,52)59-62(53,54)58-60(48,49)50)56-33(30)44-19-40-28-31(35)38-18-39-32(28)44/h2*7-10,14-16,18-19,26,29-30,33,46H,5-6,11-13,17H2,1-4H3,(H7-,35,36,37,38,39,45,47,48,49,50,51,52,53,54)/t2*26-,29-,30-,33-/m11/s1. The maximum absolute atomic E-state index is 13.0. The minimum atomic E-state index is -5.92. The molecule has 2 fully saturated rings. The zero-order valence-electron chi connectivity index (χ0n) is 67.2. The number of benzene rings is 4. The van der Waals surface area contributed by atoms with Gasteiger partial charge in [0.05, 0.1) is 25.9 Å². The molecule has 8 heterocycles. The number of imidazole rings is 2. The highest BCUT2D eigenvalue weighted by Crippen LogP contribution is 2.67. The number of carbonyl (C=O) groups excluding carboxylic acids is 4. The molecule has 14 atom stereocenters. The zero-order chi connectivity index (χ0) is 90.3. The zero-order valence-corrected chi connectivity index (χ0v) is 72.5. The Morgan fingerprint density at radius 1 is 0.460 bits per heavy atom. The van der Waals surface area contributed by atoms with Crippen LogP contribution in [0.4, 0.5) is 44.0 Å². The van der Waals surface area contributed by atoms with Crippen molar-refractivity contribution in [1.82, 2.24) is 60.3 Å². The number of phosphoric ester groups is 2. The van der Waals surface area contributed by atoms with Gasteiger partial charge in [-0.15, -0.1) is 0 Å². The summed E-state index contributed by atoms with van der Waals surface area (Å²) in [6, 6.07) is 29.2. The smallest absolute Gasteiger partial charge is 0.487 e. The highest BCUT2D eigenvalue weighted by Gasteiger charge is 2.52. The second-order valence-electron chi connectivity index (χ2n) is 28.6. The molecule has 2 aliphatic rings. The van der Waals surface area contributed by atoms with Crippen LogP contribution in [0.2, 0.25) is 0 Å². The molecule has 10 aromatic rings. The molecule has 56 heteroatoms. The van der Waals surface area contributed by atoms with E-state index in [1.165, 1.54) is 21.8 Å². The fourth-order valence-electron chi connectivity index (χ4n) is 13.3. The number of amides is 4. The third kappa shape index (κ3) is 24.5. The number of aliphatic hydroxyl groups is 2. The van der Waals surface area contributed by atoms with Crippen molar-refractivity contribution >= 4 is 171 Å². The molecule has 12 rings (SSSR count). The molecule has 50 nitrogen and oxygen atoms in total. The van der Waals surface area contributed by atoms with Crippen molar-refractivity contribution in [3.8, 4) is 0 Å². The number of alkyl carbamates (subject to hydrolysis) is 2. The first-order chi connectivity index (χ1) is 58.2. The monoisotopic (exact) mass is 1850 g/mol. The van der Waals surface area contributed by atoms with E-state index in [0.717, 1.165) is 79.0 Å². The number of pyridine rings is 2. The number of nitrogens with two attached hydrogens (primary N) is 2. The van der Waals surface area contributed by atoms with Crippen LogP contribution in [0.15, 0.2) is 110 Å². The van der Waals surface area contributed by atoms with Crippen LogP contribution in [0.5, 0.6) is 0 Å². The molecule has 124 heavy (non-hydrogen) atoms. The molecule has 2 saturated heterocycles. The number of phosphoric acid groups is 6. The van der Waals surface area contributed by atoms with Gasteiger partial charge in [-0.3, -0.25) is 36.9 Å². The van der Waals surface area contributed by atoms with Gasteiger partial charge in [0.2, 0.25) is 33.9 Å². The molecule has 6 aromatic heterocycles. The summed E-state index contributed by atoms with van der Waals surface area (Å²) in [5.41, 5.74) is 20.3. The van der Waals surface area contributed by atoms with Crippen molar-refractivity contribution in [3.05, 3.63) is 110 Å². The molecule has 0 saturated carbocycles. The highest BCUT2D eigenvalue weighted by molar-refractivity contribution is 7.67. The van der Waals surface area contributed by atoms with E-state index in [-0.39, 0.29) is 84.8 Å². The number of rotatable bonds is 36. The van der Waals surface area contributed by atoms with Gasteiger partial charge in [0.25, 0.3) is 15.6 Å². The van der Waals surface area contributed by atoms with Crippen molar-refractivity contribution in [1.29, 1.82) is 0 Å². The van der Waals surface area contributed by atoms with E-state index in [2.05, 4.69) is 172 Å². The Balaban J connectivity index is 0.000000241. The molecule has 0 radical (unpaired) electrons. The van der Waals surface area contributed by atoms with Crippen LogP contribution in [0.3, 0.4) is 0 Å². The first-order valence-corrected chi connectivity index (χ1v) is 46.2. The van der Waals surface area contributed by atoms with Crippen molar-refractivity contribution < 1.29 is 150 Å². The van der Waals surface area contributed by atoms with E-state index < -0.39 is 121 Å². The van der Waals surface area contributed by atoms with Crippen molar-refractivity contribution in [2.24, 2.45) is 0 Å². The summed E-state index contributed by atoms with van der Waals surface area (Å²) in [4.78, 5) is 162. The first kappa shape index (κ1) is 94.9. The fraction of sp³-hybridized carbons (Fsp3) is 0.412. The van der Waals surface area contributed by atoms with Gasteiger partial charge in [0.1, 0.15) is 61.2 Å². The number of hydrogen-bond donors (Lipinski definition) is 14. The number of anilines is 6. The largest absolute Gasteiger partial charge is 0.756 e. The second-order valence-corrected chi connectivity index (χ2v) is 37.4. The third-order valence-electron chi connectivity index (χ3n) is 19.0. The molecule has 0 bridgehead atoms. The van der Waals surface area contributed by atoms with Gasteiger partial charge in [-0.05, 0) is 60.7 Å². The van der Waals surface area contributed by atoms with Gasteiger partial charge < -0.3 is 121 Å². The number of carbonyl (C=O) groups is 4. The number of aliphatic hydroxyl groups excluding tert-OH is 2. The van der Waals surface area contributed by atoms with Gasteiger partial charge in [-0.1, -0.05) is 0 Å². The lowest BCUT2D eigenvalue weighted by molar-refractivity contribution is -0.645. The van der Waals surface area contributed by atoms with Gasteiger partial charge >= 0.3 is 43.5 Å². The van der Waals surface area contributed by atoms with Crippen LogP contribution in [0.1, 0.15) is 38.1 Å². The van der Waals surface area contributed by atoms with E-state index >= 15 is 0 Å². The number of hydrogen-bond acceptors (Lipinski definition) is 36. The lowest BCUT2D eigenvalue weighted by atomic mass is 10.1. The number of nitrogens with zero attached hydrogens (tertiary/aromatic N) is 14. The summed E-state index contributed by atoms with van der Waals surface area (Å²) < 4.78 is 123. The summed E-state index contributed by atoms with van der Waals surface area (Å²) in [5, 5.41) is 37.0. The molecule has 6 unspecified atom stereocenters. The quantitative estimate of drug-likeness (QED) is 0.0115. The number of aryl methyl sites for hydroxylation is 2. The molecule has 16 N–H and O–H groups in total. The Labute approximate surface area is 703 Å². The van der Waals surface area contributed by atoms with Crippen LogP contribution in [0, 0.1) is 0 Å². The van der Waals surface area contributed by atoms with Crippen LogP contribution >= 0.6 is 46.9 Å². The van der Waals surface area contributed by atoms with E-state index in [1.54, 1.807) is 0 Å². The average Bonchev–Trinajstić information content (AvgIpc) is 1.63. The molecule has 4 aromatic carbocycles. The lowest BCUT2D eigenvalue weighted by Gasteiger charge is -2.23. The predicted molar refractivity (Wildman–Crippen MR) is 436 cm³/mol. The van der Waals surface area contributed by atoms with Crippen LogP contribution in [0.25, 0.3) is 65.9 Å². The van der Waals surface area contributed by atoms with Crippen molar-refractivity contribution in [2.75, 3.05) is 127 Å². The number of fused-ring (bicyclic) bond motifs is 6. The molecule has 0 spiro atoms. The second kappa shape index (κ2) is 39.4. The van der Waals surface area contributed by atoms with Crippen LogP contribution < -0.4 is 71.3 Å². The third-order valence-corrected chi connectivity index (χ3v) is 26.5. The maximum atomic E-state index is 13.0. The molecular weight excluding hydrogens is 1760 g/mol. The van der Waals surface area contributed by atoms with Crippen LogP contribution in [-0.4, -0.2) is 235 Å². The Hall–Kier alpha value is -9.74. The Morgan fingerprint density at radius 2 is 0.806 bits per heavy atom. The molecular formula is C68H90N20O30P6. The number of aromatic nitrogens is 10. The van der Waals surface area contributed by atoms with Gasteiger partial charge in [0, 0.05) is 177 Å². The number of ether oxygens (including phenoxy) is 4. The molecule has 0 aliphatic carbocycles. The number of nitrogens with one attached hydrogen (secondary N) is 4. The van der Waals surface area contributed by atoms with Gasteiger partial charge in [-0.25, -0.2) is 66.4 Å². The summed E-state index contributed by atoms with van der Waals surface area (Å²) in [6.45, 7) is -1.36. The topological polar surface area (TPSA) is 679 Å². The average molecular weight is 1850 g/mol. The Morgan fingerprint density at radius 3 is 1.18 bits per heavy atom. The minimum Gasteiger partial charge on any atom is -0.756 e. The number of nitrogen functional groups attached to an aromatic ring is 2. The van der Waals surface area contributed by atoms with E-state index in [0.29, 0.717) is 25.9 Å². The van der Waals surface area contributed by atoms with E-state index in [4.69, 9.17) is 40.2 Å². The van der Waals surface area contributed by atoms with Crippen molar-refractivity contribution in [2.45, 2.75) is 87.9 Å². The lowest BCUT2D eigenvalue weighted by Crippen LogP contribution is -2.42. The van der Waals surface area contributed by atoms with E-state index in [1.807, 2.05) is 76.0 Å². The highest BCUT2D eigenvalue weighted by atomic mass is 31.3. The summed E-state index contributed by atoms with van der Waals surface area (Å²) in [7, 11) is -19.2.